The largest absolute Gasteiger partial charge is 0.401 e. The van der Waals surface area contributed by atoms with Crippen molar-refractivity contribution >= 4 is 17.5 Å². The minimum atomic E-state index is -4.56. The Morgan fingerprint density at radius 2 is 1.97 bits per heavy atom. The molecule has 1 amide bonds. The SMILES string of the molecule is Cc1nn(C)cc1Nc1ncc(-c2ccc(C(C(N)=O)c3cc(C4(C(F)(F)F)CC4)on3)c(F)c2)c(F)n1. The summed E-state index contributed by atoms with van der Waals surface area (Å²) in [5.41, 5.74) is 3.92. The van der Waals surface area contributed by atoms with Gasteiger partial charge in [-0.3, -0.25) is 9.48 Å². The van der Waals surface area contributed by atoms with E-state index >= 15 is 4.39 Å². The number of amides is 1. The van der Waals surface area contributed by atoms with Crippen LogP contribution >= 0.6 is 0 Å². The molecule has 9 nitrogen and oxygen atoms in total. The van der Waals surface area contributed by atoms with Gasteiger partial charge in [0.15, 0.2) is 5.76 Å². The number of rotatable bonds is 7. The second kappa shape index (κ2) is 8.89. The van der Waals surface area contributed by atoms with Gasteiger partial charge >= 0.3 is 6.18 Å². The summed E-state index contributed by atoms with van der Waals surface area (Å²) in [5, 5.41) is 10.6. The van der Waals surface area contributed by atoms with Gasteiger partial charge in [0.1, 0.15) is 22.8 Å². The molecule has 1 aromatic carbocycles. The molecule has 14 heteroatoms. The number of hydrogen-bond acceptors (Lipinski definition) is 7. The first-order valence-corrected chi connectivity index (χ1v) is 11.3. The van der Waals surface area contributed by atoms with Crippen LogP contribution in [0, 0.1) is 18.7 Å². The molecule has 5 rings (SSSR count). The maximum Gasteiger partial charge on any atom is 0.401 e. The Labute approximate surface area is 211 Å². The molecule has 0 bridgehead atoms. The minimum absolute atomic E-state index is 0.0395. The molecule has 38 heavy (non-hydrogen) atoms. The van der Waals surface area contributed by atoms with Crippen molar-refractivity contribution in [2.75, 3.05) is 5.32 Å². The van der Waals surface area contributed by atoms with Gasteiger partial charge in [0.25, 0.3) is 0 Å². The summed E-state index contributed by atoms with van der Waals surface area (Å²) >= 11 is 0. The fourth-order valence-electron chi connectivity index (χ4n) is 4.29. The van der Waals surface area contributed by atoms with Crippen LogP contribution in [0.1, 0.15) is 41.5 Å². The molecule has 0 spiro atoms. The highest BCUT2D eigenvalue weighted by Crippen LogP contribution is 2.59. The second-order valence-corrected chi connectivity index (χ2v) is 9.09. The molecular weight excluding hydrogens is 513 g/mol. The second-order valence-electron chi connectivity index (χ2n) is 9.09. The number of aryl methyl sites for hydroxylation is 2. The van der Waals surface area contributed by atoms with E-state index in [-0.39, 0.29) is 41.2 Å². The summed E-state index contributed by atoms with van der Waals surface area (Å²) in [6.07, 6.45) is -2.10. The van der Waals surface area contributed by atoms with Crippen molar-refractivity contribution in [3.63, 3.8) is 0 Å². The highest BCUT2D eigenvalue weighted by molar-refractivity contribution is 5.85. The molecule has 198 valence electrons. The number of aromatic nitrogens is 5. The maximum atomic E-state index is 15.2. The van der Waals surface area contributed by atoms with E-state index in [0.717, 1.165) is 18.3 Å². The van der Waals surface area contributed by atoms with Crippen molar-refractivity contribution in [1.82, 2.24) is 24.9 Å². The van der Waals surface area contributed by atoms with Crippen molar-refractivity contribution in [2.24, 2.45) is 12.8 Å². The van der Waals surface area contributed by atoms with E-state index in [4.69, 9.17) is 10.3 Å². The van der Waals surface area contributed by atoms with Crippen LogP contribution in [-0.2, 0) is 17.3 Å². The topological polar surface area (TPSA) is 125 Å². The Morgan fingerprint density at radius 1 is 1.24 bits per heavy atom. The Kier molecular flexibility index (Phi) is 5.92. The van der Waals surface area contributed by atoms with E-state index in [1.807, 2.05) is 0 Å². The third-order valence-electron chi connectivity index (χ3n) is 6.50. The van der Waals surface area contributed by atoms with E-state index in [9.17, 15) is 22.4 Å². The van der Waals surface area contributed by atoms with Crippen molar-refractivity contribution in [2.45, 2.75) is 37.3 Å². The molecular formula is C24H20F5N7O2. The van der Waals surface area contributed by atoms with Crippen LogP contribution in [0.2, 0.25) is 0 Å². The van der Waals surface area contributed by atoms with Gasteiger partial charge in [-0.25, -0.2) is 9.37 Å². The molecule has 3 aromatic heterocycles. The van der Waals surface area contributed by atoms with Crippen LogP contribution < -0.4 is 11.1 Å². The zero-order valence-electron chi connectivity index (χ0n) is 20.0. The lowest BCUT2D eigenvalue weighted by atomic mass is 9.91. The fraction of sp³-hybridized carbons (Fsp3) is 0.292. The van der Waals surface area contributed by atoms with Crippen LogP contribution in [0.3, 0.4) is 0 Å². The maximum absolute atomic E-state index is 15.2. The van der Waals surface area contributed by atoms with E-state index < -0.39 is 40.9 Å². The average Bonchev–Trinajstić information content (AvgIpc) is 3.42. The minimum Gasteiger partial charge on any atom is -0.369 e. The number of hydrogen-bond donors (Lipinski definition) is 2. The first kappa shape index (κ1) is 25.3. The number of nitrogens with one attached hydrogen (secondary N) is 1. The van der Waals surface area contributed by atoms with Gasteiger partial charge < -0.3 is 15.6 Å². The predicted octanol–water partition coefficient (Wildman–Crippen LogP) is 4.41. The smallest absolute Gasteiger partial charge is 0.369 e. The third-order valence-corrected chi connectivity index (χ3v) is 6.50. The molecule has 4 aromatic rings. The molecule has 3 N–H and O–H groups in total. The van der Waals surface area contributed by atoms with E-state index in [0.29, 0.717) is 11.4 Å². The quantitative estimate of drug-likeness (QED) is 0.266. The van der Waals surface area contributed by atoms with Gasteiger partial charge in [0.2, 0.25) is 17.8 Å². The van der Waals surface area contributed by atoms with E-state index in [1.54, 1.807) is 24.9 Å². The Hall–Kier alpha value is -4.36. The van der Waals surface area contributed by atoms with Crippen molar-refractivity contribution in [3.8, 4) is 11.1 Å². The van der Waals surface area contributed by atoms with Crippen LogP contribution in [0.4, 0.5) is 33.6 Å². The zero-order valence-corrected chi connectivity index (χ0v) is 20.0. The van der Waals surface area contributed by atoms with Gasteiger partial charge in [0.05, 0.1) is 16.9 Å². The summed E-state index contributed by atoms with van der Waals surface area (Å²) in [6.45, 7) is 1.75. The fourth-order valence-corrected chi connectivity index (χ4v) is 4.29. The van der Waals surface area contributed by atoms with Crippen LogP contribution in [0.5, 0.6) is 0 Å². The first-order chi connectivity index (χ1) is 17.9. The van der Waals surface area contributed by atoms with Crippen LogP contribution in [0.15, 0.2) is 41.2 Å². The lowest BCUT2D eigenvalue weighted by molar-refractivity contribution is -0.165. The molecule has 1 aliphatic rings. The average molecular weight is 533 g/mol. The van der Waals surface area contributed by atoms with Crippen LogP contribution in [-0.4, -0.2) is 37.0 Å². The van der Waals surface area contributed by atoms with Gasteiger partial charge in [-0.15, -0.1) is 0 Å². The molecule has 1 atom stereocenters. The first-order valence-electron chi connectivity index (χ1n) is 11.3. The summed E-state index contributed by atoms with van der Waals surface area (Å²) in [7, 11) is 1.72. The van der Waals surface area contributed by atoms with E-state index in [1.165, 1.54) is 12.1 Å². The number of carbonyl (C=O) groups excluding carboxylic acids is 1. The van der Waals surface area contributed by atoms with Crippen molar-refractivity contribution < 1.29 is 31.3 Å². The monoisotopic (exact) mass is 533 g/mol. The highest BCUT2D eigenvalue weighted by Gasteiger charge is 2.67. The van der Waals surface area contributed by atoms with Gasteiger partial charge in [-0.05, 0) is 31.4 Å². The molecule has 1 fully saturated rings. The number of alkyl halides is 3. The van der Waals surface area contributed by atoms with Gasteiger partial charge in [-0.1, -0.05) is 17.3 Å². The molecule has 1 aliphatic carbocycles. The molecule has 0 saturated heterocycles. The third kappa shape index (κ3) is 4.35. The number of benzene rings is 1. The molecule has 0 aliphatic heterocycles. The summed E-state index contributed by atoms with van der Waals surface area (Å²) < 4.78 is 76.8. The number of nitrogens with zero attached hydrogens (tertiary/aromatic N) is 5. The molecule has 0 radical (unpaired) electrons. The summed E-state index contributed by atoms with van der Waals surface area (Å²) in [6, 6.07) is 4.42. The molecule has 1 unspecified atom stereocenters. The zero-order chi connectivity index (χ0) is 27.4. The van der Waals surface area contributed by atoms with E-state index in [2.05, 4.69) is 25.5 Å². The molecule has 1 saturated carbocycles. The van der Waals surface area contributed by atoms with Crippen LogP contribution in [0.25, 0.3) is 11.1 Å². The van der Waals surface area contributed by atoms with Crippen molar-refractivity contribution in [3.05, 3.63) is 71.1 Å². The number of carbonyl (C=O) groups is 1. The number of anilines is 2. The van der Waals surface area contributed by atoms with Gasteiger partial charge in [-0.2, -0.15) is 27.6 Å². The highest BCUT2D eigenvalue weighted by atomic mass is 19.4. The standard InChI is InChI=1S/C24H20F5N7O2/c1-11-17(10-36(2)34-11)32-22-31-9-14(20(26)33-22)12-3-4-13(15(25)7-12)19(21(30)37)16-8-18(38-35-16)23(5-6-23)24(27,28)29/h3-4,7-10,19H,5-6H2,1-2H3,(H2,30,37)(H,31,32,33). The lowest BCUT2D eigenvalue weighted by Gasteiger charge is -2.15. The predicted molar refractivity (Wildman–Crippen MR) is 123 cm³/mol. The lowest BCUT2D eigenvalue weighted by Crippen LogP contribution is -2.28. The Morgan fingerprint density at radius 3 is 2.53 bits per heavy atom. The summed E-state index contributed by atoms with van der Waals surface area (Å²) in [4.78, 5) is 20.0. The number of nitrogens with two attached hydrogens (primary N) is 1. The Balaban J connectivity index is 1.42. The normalized spacial score (nSPS) is 15.3. The summed E-state index contributed by atoms with van der Waals surface area (Å²) in [5.74, 6) is -4.98. The Bertz CT molecular complexity index is 1540. The molecule has 3 heterocycles. The van der Waals surface area contributed by atoms with Gasteiger partial charge in [0, 0.05) is 31.1 Å². The number of primary amides is 1. The number of halogens is 5. The van der Waals surface area contributed by atoms with Crippen molar-refractivity contribution in [1.29, 1.82) is 0 Å².